The molecule has 1 unspecified atom stereocenters. The monoisotopic (exact) mass is 260 g/mol. The number of hydrogen-bond donors (Lipinski definition) is 1. The Balaban J connectivity index is 1.72. The number of anilines is 1. The van der Waals surface area contributed by atoms with E-state index in [1.807, 2.05) is 19.0 Å². The van der Waals surface area contributed by atoms with Gasteiger partial charge in [0.15, 0.2) is 0 Å². The molecule has 0 aliphatic heterocycles. The first-order chi connectivity index (χ1) is 9.13. The third kappa shape index (κ3) is 2.89. The molecule has 0 saturated heterocycles. The smallest absolute Gasteiger partial charge is 0.225 e. The lowest BCUT2D eigenvalue weighted by Crippen LogP contribution is -2.30. The number of nitrogens with zero attached hydrogens (tertiary/aromatic N) is 3. The van der Waals surface area contributed by atoms with Gasteiger partial charge in [-0.15, -0.1) is 0 Å². The first kappa shape index (κ1) is 12.9. The van der Waals surface area contributed by atoms with E-state index >= 15 is 0 Å². The molecule has 0 aromatic carbocycles. The van der Waals surface area contributed by atoms with Crippen molar-refractivity contribution in [2.75, 3.05) is 25.5 Å². The van der Waals surface area contributed by atoms with E-state index in [0.29, 0.717) is 0 Å². The van der Waals surface area contributed by atoms with Crippen molar-refractivity contribution in [2.45, 2.75) is 45.1 Å². The summed E-state index contributed by atoms with van der Waals surface area (Å²) in [5.74, 6) is 1.62. The lowest BCUT2D eigenvalue weighted by Gasteiger charge is -2.26. The lowest BCUT2D eigenvalue weighted by molar-refractivity contribution is 0.417. The molecule has 1 aromatic heterocycles. The summed E-state index contributed by atoms with van der Waals surface area (Å²) in [6, 6.07) is 0.815. The average molecular weight is 260 g/mol. The van der Waals surface area contributed by atoms with Gasteiger partial charge in [0.2, 0.25) is 5.95 Å². The highest BCUT2D eigenvalue weighted by Gasteiger charge is 2.26. The summed E-state index contributed by atoms with van der Waals surface area (Å²) >= 11 is 0. The van der Waals surface area contributed by atoms with Crippen LogP contribution in [0.25, 0.3) is 0 Å². The van der Waals surface area contributed by atoms with Crippen LogP contribution in [-0.2, 0) is 12.8 Å². The number of aromatic nitrogens is 2. The molecule has 4 heteroatoms. The van der Waals surface area contributed by atoms with Crippen LogP contribution in [0.1, 0.15) is 36.2 Å². The van der Waals surface area contributed by atoms with Gasteiger partial charge in [-0.25, -0.2) is 9.97 Å². The summed E-state index contributed by atoms with van der Waals surface area (Å²) in [7, 11) is 4.01. The molecule has 104 valence electrons. The summed E-state index contributed by atoms with van der Waals surface area (Å²) in [5.41, 5.74) is 3.85. The van der Waals surface area contributed by atoms with Crippen LogP contribution in [0.4, 0.5) is 5.95 Å². The van der Waals surface area contributed by atoms with Crippen molar-refractivity contribution in [3.8, 4) is 0 Å². The van der Waals surface area contributed by atoms with Gasteiger partial charge in [-0.05, 0) is 57.1 Å². The molecule has 2 aliphatic rings. The molecule has 1 aromatic rings. The Kier molecular flexibility index (Phi) is 3.44. The van der Waals surface area contributed by atoms with Crippen molar-refractivity contribution in [3.05, 3.63) is 17.0 Å². The van der Waals surface area contributed by atoms with E-state index in [2.05, 4.69) is 17.2 Å². The summed E-state index contributed by atoms with van der Waals surface area (Å²) < 4.78 is 0. The summed E-state index contributed by atoms with van der Waals surface area (Å²) in [5, 5.41) is 3.66. The number of rotatable bonds is 4. The van der Waals surface area contributed by atoms with Crippen LogP contribution in [0.3, 0.4) is 0 Å². The Morgan fingerprint density at radius 2 is 2.00 bits per heavy atom. The molecule has 0 bridgehead atoms. The van der Waals surface area contributed by atoms with Gasteiger partial charge in [0, 0.05) is 31.5 Å². The van der Waals surface area contributed by atoms with Crippen molar-refractivity contribution in [2.24, 2.45) is 5.92 Å². The molecule has 3 rings (SSSR count). The largest absolute Gasteiger partial charge is 0.347 e. The van der Waals surface area contributed by atoms with E-state index in [4.69, 9.17) is 4.98 Å². The highest BCUT2D eigenvalue weighted by molar-refractivity contribution is 5.37. The van der Waals surface area contributed by atoms with Crippen molar-refractivity contribution in [1.29, 1.82) is 0 Å². The van der Waals surface area contributed by atoms with Crippen LogP contribution in [0.5, 0.6) is 0 Å². The number of fused-ring (bicyclic) bond motifs is 1. The van der Waals surface area contributed by atoms with Gasteiger partial charge in [-0.2, -0.15) is 0 Å². The molecule has 0 amide bonds. The van der Waals surface area contributed by atoms with Crippen molar-refractivity contribution >= 4 is 5.95 Å². The molecular formula is C15H24N4. The minimum absolute atomic E-state index is 0.764. The zero-order valence-electron chi connectivity index (χ0n) is 12.2. The molecule has 1 N–H and O–H groups in total. The number of aryl methyl sites for hydroxylation is 2. The van der Waals surface area contributed by atoms with E-state index in [-0.39, 0.29) is 0 Å². The predicted molar refractivity (Wildman–Crippen MR) is 77.6 cm³/mol. The summed E-state index contributed by atoms with van der Waals surface area (Å²) in [6.45, 7) is 3.29. The van der Waals surface area contributed by atoms with Gasteiger partial charge >= 0.3 is 0 Å². The molecular weight excluding hydrogens is 236 g/mol. The Morgan fingerprint density at radius 1 is 1.21 bits per heavy atom. The van der Waals surface area contributed by atoms with Gasteiger partial charge < -0.3 is 10.2 Å². The zero-order valence-corrected chi connectivity index (χ0v) is 12.2. The third-order valence-electron chi connectivity index (χ3n) is 4.24. The lowest BCUT2D eigenvalue weighted by atomic mass is 9.86. The Labute approximate surface area is 115 Å². The van der Waals surface area contributed by atoms with Crippen LogP contribution >= 0.6 is 0 Å². The van der Waals surface area contributed by atoms with Gasteiger partial charge in [0.25, 0.3) is 0 Å². The minimum atomic E-state index is 0.764. The molecule has 1 heterocycles. The van der Waals surface area contributed by atoms with E-state index in [9.17, 15) is 0 Å². The SMILES string of the molecule is Cc1nc(N(C)C)nc2c1CC(CNC1CC1)CC2. The Bertz CT molecular complexity index is 465. The number of hydrogen-bond acceptors (Lipinski definition) is 4. The van der Waals surface area contributed by atoms with Gasteiger partial charge in [-0.3, -0.25) is 0 Å². The third-order valence-corrected chi connectivity index (χ3v) is 4.24. The van der Waals surface area contributed by atoms with E-state index in [1.54, 1.807) is 0 Å². The predicted octanol–water partition coefficient (Wildman–Crippen LogP) is 1.71. The Morgan fingerprint density at radius 3 is 2.68 bits per heavy atom. The molecule has 19 heavy (non-hydrogen) atoms. The van der Waals surface area contributed by atoms with Crippen LogP contribution < -0.4 is 10.2 Å². The average Bonchev–Trinajstić information content (AvgIpc) is 3.20. The van der Waals surface area contributed by atoms with Crippen LogP contribution in [-0.4, -0.2) is 36.6 Å². The quantitative estimate of drug-likeness (QED) is 0.895. The van der Waals surface area contributed by atoms with Crippen molar-refractivity contribution in [1.82, 2.24) is 15.3 Å². The topological polar surface area (TPSA) is 41.1 Å². The molecule has 1 atom stereocenters. The summed E-state index contributed by atoms with van der Waals surface area (Å²) in [6.07, 6.45) is 6.26. The maximum atomic E-state index is 4.71. The van der Waals surface area contributed by atoms with Crippen LogP contribution in [0.15, 0.2) is 0 Å². The fourth-order valence-corrected chi connectivity index (χ4v) is 2.84. The van der Waals surface area contributed by atoms with Crippen LogP contribution in [0.2, 0.25) is 0 Å². The van der Waals surface area contributed by atoms with Gasteiger partial charge in [0.1, 0.15) is 0 Å². The molecule has 2 aliphatic carbocycles. The minimum Gasteiger partial charge on any atom is -0.347 e. The molecule has 4 nitrogen and oxygen atoms in total. The standard InChI is InChI=1S/C15H24N4/c1-10-13-8-11(9-16-12-5-6-12)4-7-14(13)18-15(17-10)19(2)3/h11-12,16H,4-9H2,1-3H3. The molecule has 1 saturated carbocycles. The highest BCUT2D eigenvalue weighted by Crippen LogP contribution is 2.28. The second-order valence-electron chi connectivity index (χ2n) is 6.22. The fraction of sp³-hybridized carbons (Fsp3) is 0.733. The Hall–Kier alpha value is -1.16. The normalized spacial score (nSPS) is 22.2. The first-order valence-electron chi connectivity index (χ1n) is 7.40. The fourth-order valence-electron chi connectivity index (χ4n) is 2.84. The molecule has 0 radical (unpaired) electrons. The molecule has 1 fully saturated rings. The maximum absolute atomic E-state index is 4.71. The van der Waals surface area contributed by atoms with E-state index in [1.165, 1.54) is 42.8 Å². The first-order valence-corrected chi connectivity index (χ1v) is 7.40. The van der Waals surface area contributed by atoms with Crippen LogP contribution in [0, 0.1) is 12.8 Å². The highest BCUT2D eigenvalue weighted by atomic mass is 15.2. The number of nitrogens with one attached hydrogen (secondary N) is 1. The second kappa shape index (κ2) is 5.08. The summed E-state index contributed by atoms with van der Waals surface area (Å²) in [4.78, 5) is 11.3. The maximum Gasteiger partial charge on any atom is 0.225 e. The van der Waals surface area contributed by atoms with Gasteiger partial charge in [-0.1, -0.05) is 0 Å². The molecule has 0 spiro atoms. The van der Waals surface area contributed by atoms with E-state index < -0.39 is 0 Å². The second-order valence-corrected chi connectivity index (χ2v) is 6.22. The van der Waals surface area contributed by atoms with Crippen molar-refractivity contribution in [3.63, 3.8) is 0 Å². The van der Waals surface area contributed by atoms with Gasteiger partial charge in [0.05, 0.1) is 0 Å². The van der Waals surface area contributed by atoms with Crippen molar-refractivity contribution < 1.29 is 0 Å². The zero-order chi connectivity index (χ0) is 13.4. The van der Waals surface area contributed by atoms with E-state index in [0.717, 1.165) is 30.7 Å².